The third-order valence-corrected chi connectivity index (χ3v) is 5.31. The molecule has 2 heterocycles. The van der Waals surface area contributed by atoms with Crippen molar-refractivity contribution in [3.8, 4) is 28.8 Å². The van der Waals surface area contributed by atoms with E-state index in [1.165, 1.54) is 16.9 Å². The number of rotatable bonds is 4. The third kappa shape index (κ3) is 3.57. The summed E-state index contributed by atoms with van der Waals surface area (Å²) in [6, 6.07) is 16.3. The van der Waals surface area contributed by atoms with Gasteiger partial charge in [-0.15, -0.1) is 11.3 Å². The number of nitriles is 1. The van der Waals surface area contributed by atoms with Crippen molar-refractivity contribution in [3.05, 3.63) is 64.0 Å². The minimum Gasteiger partial charge on any atom is -0.454 e. The summed E-state index contributed by atoms with van der Waals surface area (Å²) in [5.41, 5.74) is 4.61. The number of aromatic nitrogens is 1. The number of hydrogen-bond acceptors (Lipinski definition) is 5. The van der Waals surface area contributed by atoms with E-state index in [9.17, 15) is 5.26 Å². The Bertz CT molecular complexity index is 1040. The maximum atomic E-state index is 9.60. The fraction of sp³-hybridized carbons (Fsp3) is 0.182. The van der Waals surface area contributed by atoms with Gasteiger partial charge in [0, 0.05) is 10.9 Å². The van der Waals surface area contributed by atoms with E-state index in [2.05, 4.69) is 37.0 Å². The minimum atomic E-state index is 0.248. The van der Waals surface area contributed by atoms with Crippen LogP contribution in [0.1, 0.15) is 35.9 Å². The molecule has 0 atom stereocenters. The molecule has 3 aromatic rings. The highest BCUT2D eigenvalue weighted by atomic mass is 32.1. The van der Waals surface area contributed by atoms with Gasteiger partial charge in [-0.2, -0.15) is 5.26 Å². The van der Waals surface area contributed by atoms with Gasteiger partial charge in [0.1, 0.15) is 11.1 Å². The van der Waals surface area contributed by atoms with E-state index < -0.39 is 0 Å². The van der Waals surface area contributed by atoms with Gasteiger partial charge in [0.25, 0.3) is 0 Å². The van der Waals surface area contributed by atoms with Crippen molar-refractivity contribution in [3.63, 3.8) is 0 Å². The lowest BCUT2D eigenvalue weighted by molar-refractivity contribution is 0.174. The second-order valence-electron chi connectivity index (χ2n) is 6.60. The quantitative estimate of drug-likeness (QED) is 0.548. The van der Waals surface area contributed by atoms with Crippen molar-refractivity contribution in [2.24, 2.45) is 0 Å². The molecule has 0 saturated carbocycles. The predicted molar refractivity (Wildman–Crippen MR) is 108 cm³/mol. The van der Waals surface area contributed by atoms with Gasteiger partial charge < -0.3 is 9.47 Å². The van der Waals surface area contributed by atoms with Crippen molar-refractivity contribution >= 4 is 23.0 Å². The second kappa shape index (κ2) is 7.26. The molecule has 4 rings (SSSR count). The first-order valence-corrected chi connectivity index (χ1v) is 9.59. The Labute approximate surface area is 162 Å². The van der Waals surface area contributed by atoms with Crippen LogP contribution in [0.4, 0.5) is 0 Å². The van der Waals surface area contributed by atoms with Crippen molar-refractivity contribution in [2.75, 3.05) is 6.79 Å². The molecule has 2 aromatic carbocycles. The summed E-state index contributed by atoms with van der Waals surface area (Å²) in [6.07, 6.45) is 1.88. The van der Waals surface area contributed by atoms with Gasteiger partial charge in [0.05, 0.1) is 11.3 Å². The second-order valence-corrected chi connectivity index (χ2v) is 7.46. The molecule has 27 heavy (non-hydrogen) atoms. The van der Waals surface area contributed by atoms with Crippen LogP contribution in [0.5, 0.6) is 11.5 Å². The lowest BCUT2D eigenvalue weighted by Gasteiger charge is -2.04. The molecular formula is C22H18N2O2S. The van der Waals surface area contributed by atoms with Gasteiger partial charge in [-0.25, -0.2) is 4.98 Å². The smallest absolute Gasteiger partial charge is 0.231 e. The first-order valence-electron chi connectivity index (χ1n) is 8.72. The summed E-state index contributed by atoms with van der Waals surface area (Å²) < 4.78 is 10.8. The predicted octanol–water partition coefficient (Wildman–Crippen LogP) is 5.73. The van der Waals surface area contributed by atoms with Crippen LogP contribution >= 0.6 is 11.3 Å². The molecule has 134 valence electrons. The van der Waals surface area contributed by atoms with Crippen LogP contribution in [-0.2, 0) is 0 Å². The Hall–Kier alpha value is -3.10. The summed E-state index contributed by atoms with van der Waals surface area (Å²) >= 11 is 1.46. The van der Waals surface area contributed by atoms with Crippen LogP contribution in [-0.4, -0.2) is 11.8 Å². The molecule has 0 unspecified atom stereocenters. The van der Waals surface area contributed by atoms with Gasteiger partial charge in [0.15, 0.2) is 11.5 Å². The third-order valence-electron chi connectivity index (χ3n) is 4.44. The zero-order valence-corrected chi connectivity index (χ0v) is 15.9. The van der Waals surface area contributed by atoms with Gasteiger partial charge in [-0.3, -0.25) is 0 Å². The van der Waals surface area contributed by atoms with E-state index in [4.69, 9.17) is 9.47 Å². The average Bonchev–Trinajstić information content (AvgIpc) is 3.35. The SMILES string of the molecule is CC(C)c1ccc(C=C(C#N)c2nc(-c3ccc4c(c3)OCO4)cs2)cc1. The molecule has 1 aliphatic heterocycles. The maximum absolute atomic E-state index is 9.60. The lowest BCUT2D eigenvalue weighted by Crippen LogP contribution is -1.92. The molecule has 5 heteroatoms. The standard InChI is InChI=1S/C22H18N2O2S/c1-14(2)16-5-3-15(4-6-16)9-18(11-23)22-24-19(12-27-22)17-7-8-20-21(10-17)26-13-25-20/h3-10,12,14H,13H2,1-2H3. The Morgan fingerprint density at radius 2 is 1.93 bits per heavy atom. The van der Waals surface area contributed by atoms with Gasteiger partial charge in [-0.05, 0) is 41.3 Å². The van der Waals surface area contributed by atoms with Crippen LogP contribution in [0.3, 0.4) is 0 Å². The Kier molecular flexibility index (Phi) is 4.66. The van der Waals surface area contributed by atoms with Crippen LogP contribution < -0.4 is 9.47 Å². The van der Waals surface area contributed by atoms with E-state index in [1.807, 2.05) is 41.8 Å². The van der Waals surface area contributed by atoms with Crippen LogP contribution in [0, 0.1) is 11.3 Å². The Morgan fingerprint density at radius 1 is 1.15 bits per heavy atom. The molecule has 0 N–H and O–H groups in total. The number of thiazole rings is 1. The van der Waals surface area contributed by atoms with E-state index in [1.54, 1.807) is 0 Å². The highest BCUT2D eigenvalue weighted by Crippen LogP contribution is 2.36. The molecule has 4 nitrogen and oxygen atoms in total. The fourth-order valence-corrected chi connectivity index (χ4v) is 3.67. The zero-order valence-electron chi connectivity index (χ0n) is 15.1. The number of hydrogen-bond donors (Lipinski definition) is 0. The molecule has 1 aliphatic rings. The fourth-order valence-electron chi connectivity index (χ4n) is 2.87. The number of fused-ring (bicyclic) bond motifs is 1. The number of nitrogens with zero attached hydrogens (tertiary/aromatic N) is 2. The topological polar surface area (TPSA) is 55.1 Å². The van der Waals surface area contributed by atoms with Crippen LogP contribution in [0.25, 0.3) is 22.9 Å². The normalized spacial score (nSPS) is 13.0. The molecule has 0 bridgehead atoms. The summed E-state index contributed by atoms with van der Waals surface area (Å²) in [7, 11) is 0. The van der Waals surface area contributed by atoms with Gasteiger partial charge in [-0.1, -0.05) is 38.1 Å². The van der Waals surface area contributed by atoms with Gasteiger partial charge in [0.2, 0.25) is 6.79 Å². The van der Waals surface area contributed by atoms with Crippen molar-refractivity contribution in [2.45, 2.75) is 19.8 Å². The van der Waals surface area contributed by atoms with Crippen LogP contribution in [0.2, 0.25) is 0 Å². The molecule has 0 fully saturated rings. The largest absolute Gasteiger partial charge is 0.454 e. The summed E-state index contributed by atoms with van der Waals surface area (Å²) in [4.78, 5) is 4.65. The lowest BCUT2D eigenvalue weighted by atomic mass is 10.0. The minimum absolute atomic E-state index is 0.248. The highest BCUT2D eigenvalue weighted by molar-refractivity contribution is 7.11. The number of ether oxygens (including phenoxy) is 2. The van der Waals surface area contributed by atoms with E-state index >= 15 is 0 Å². The molecule has 0 aliphatic carbocycles. The van der Waals surface area contributed by atoms with E-state index in [-0.39, 0.29) is 6.79 Å². The molecular weight excluding hydrogens is 356 g/mol. The van der Waals surface area contributed by atoms with Crippen LogP contribution in [0.15, 0.2) is 47.8 Å². The van der Waals surface area contributed by atoms with Gasteiger partial charge >= 0.3 is 0 Å². The zero-order chi connectivity index (χ0) is 18.8. The average molecular weight is 374 g/mol. The molecule has 0 amide bonds. The first kappa shape index (κ1) is 17.3. The monoisotopic (exact) mass is 374 g/mol. The first-order chi connectivity index (χ1) is 13.1. The van der Waals surface area contributed by atoms with Crippen molar-refractivity contribution < 1.29 is 9.47 Å². The van der Waals surface area contributed by atoms with E-state index in [0.717, 1.165) is 28.3 Å². The molecule has 0 radical (unpaired) electrons. The molecule has 0 spiro atoms. The Balaban J connectivity index is 1.61. The number of allylic oxidation sites excluding steroid dienone is 1. The van der Waals surface area contributed by atoms with E-state index in [0.29, 0.717) is 16.5 Å². The summed E-state index contributed by atoms with van der Waals surface area (Å²) in [5.74, 6) is 1.96. The van der Waals surface area contributed by atoms with Crippen molar-refractivity contribution in [1.29, 1.82) is 5.26 Å². The van der Waals surface area contributed by atoms with Crippen molar-refractivity contribution in [1.82, 2.24) is 4.98 Å². The molecule has 1 aromatic heterocycles. The highest BCUT2D eigenvalue weighted by Gasteiger charge is 2.16. The Morgan fingerprint density at radius 3 is 2.67 bits per heavy atom. The summed E-state index contributed by atoms with van der Waals surface area (Å²) in [5, 5.41) is 12.3. The molecule has 0 saturated heterocycles. The number of benzene rings is 2. The maximum Gasteiger partial charge on any atom is 0.231 e. The summed E-state index contributed by atoms with van der Waals surface area (Å²) in [6.45, 7) is 4.58.